The number of hydrogen-bond donors (Lipinski definition) is 0. The van der Waals surface area contributed by atoms with Crippen LogP contribution in [0.5, 0.6) is 0 Å². The van der Waals surface area contributed by atoms with E-state index in [1.807, 2.05) is 0 Å². The summed E-state index contributed by atoms with van der Waals surface area (Å²) >= 11 is 0. The first kappa shape index (κ1) is 17.0. The molecule has 2 unspecified atom stereocenters. The molecule has 0 saturated carbocycles. The fraction of sp³-hybridized carbons (Fsp3) is 0.923. The molecule has 2 heterocycles. The van der Waals surface area contributed by atoms with Crippen molar-refractivity contribution in [2.75, 3.05) is 19.6 Å². The molecule has 2 fully saturated rings. The first-order valence-corrected chi connectivity index (χ1v) is 5.99. The Bertz CT molecular complexity index is 196. The second-order valence-corrected chi connectivity index (χ2v) is 6.24. The molecule has 0 aromatic carbocycles. The first-order chi connectivity index (χ1) is 6.82. The van der Waals surface area contributed by atoms with Crippen LogP contribution in [0.15, 0.2) is 0 Å². The summed E-state index contributed by atoms with van der Waals surface area (Å²) in [6.07, 6.45) is 0. The number of rotatable bonds is 0. The second-order valence-electron chi connectivity index (χ2n) is 6.24. The average molecular weight is 448 g/mol. The number of hydrogen-bond acceptors (Lipinski definition) is 1. The van der Waals surface area contributed by atoms with Crippen molar-refractivity contribution in [3.63, 3.8) is 0 Å². The molecule has 0 aliphatic carbocycles. The smallest absolute Gasteiger partial charge is 0.661 e. The minimum Gasteiger partial charge on any atom is -0.661 e. The molecule has 2 aliphatic heterocycles. The van der Waals surface area contributed by atoms with Crippen LogP contribution in [-0.4, -0.2) is 36.1 Å². The molecule has 2 aliphatic rings. The van der Waals surface area contributed by atoms with E-state index in [1.165, 1.54) is 12.5 Å². The normalized spacial score (nSPS) is 28.7. The topological polar surface area (TPSA) is 17.3 Å². The Kier molecular flexibility index (Phi) is 7.20. The third-order valence-electron chi connectivity index (χ3n) is 2.92. The van der Waals surface area contributed by atoms with Crippen molar-refractivity contribution in [1.29, 1.82) is 0 Å². The van der Waals surface area contributed by atoms with Crippen LogP contribution in [0.3, 0.4) is 0 Å². The van der Waals surface area contributed by atoms with Gasteiger partial charge in [-0.2, -0.15) is 20.8 Å². The van der Waals surface area contributed by atoms with Crippen molar-refractivity contribution in [2.45, 2.75) is 53.1 Å². The standard InChI is InChI=1S/C9H17N2.C4H9.U/c1-9(2,3)11-6-7-4-10-5-8(7)11;1-4(2)3;/h7-8H,4-6H2,1-3H3;1-3H3;/q2*-1;+2. The maximum absolute atomic E-state index is 4.43. The predicted octanol–water partition coefficient (Wildman–Crippen LogP) is 3.09. The third-order valence-corrected chi connectivity index (χ3v) is 2.92. The van der Waals surface area contributed by atoms with Gasteiger partial charge in [0.1, 0.15) is 0 Å². The van der Waals surface area contributed by atoms with Crippen molar-refractivity contribution in [2.24, 2.45) is 5.92 Å². The van der Waals surface area contributed by atoms with Gasteiger partial charge < -0.3 is 11.2 Å². The SMILES string of the molecule is CC(C)(C)N1CC2C[N-]CC21.C[C-](C)C.[U+2]. The van der Waals surface area contributed by atoms with Gasteiger partial charge in [-0.15, -0.1) is 13.1 Å². The van der Waals surface area contributed by atoms with Crippen molar-refractivity contribution in [1.82, 2.24) is 4.90 Å². The Morgan fingerprint density at radius 2 is 1.62 bits per heavy atom. The molecule has 0 bridgehead atoms. The Morgan fingerprint density at radius 3 is 2.00 bits per heavy atom. The van der Waals surface area contributed by atoms with Crippen LogP contribution in [0.25, 0.3) is 5.32 Å². The second kappa shape index (κ2) is 6.78. The van der Waals surface area contributed by atoms with Gasteiger partial charge in [-0.05, 0) is 32.7 Å². The summed E-state index contributed by atoms with van der Waals surface area (Å²) in [5.74, 6) is 2.31. The Balaban J connectivity index is 0.000000397. The van der Waals surface area contributed by atoms with E-state index >= 15 is 0 Å². The van der Waals surface area contributed by atoms with Crippen LogP contribution in [0.2, 0.25) is 0 Å². The number of likely N-dealkylation sites (tertiary alicyclic amines) is 1. The monoisotopic (exact) mass is 448 g/mol. The fourth-order valence-corrected chi connectivity index (χ4v) is 2.20. The van der Waals surface area contributed by atoms with Gasteiger partial charge in [0.2, 0.25) is 0 Å². The molecule has 0 amide bonds. The average Bonchev–Trinajstić information content (AvgIpc) is 2.27. The zero-order valence-corrected chi connectivity index (χ0v) is 15.8. The molecule has 2 atom stereocenters. The molecule has 0 spiro atoms. The molecular weight excluding hydrogens is 422 g/mol. The Hall–Kier alpha value is 0.972. The minimum absolute atomic E-state index is 0. The molecule has 0 aromatic heterocycles. The summed E-state index contributed by atoms with van der Waals surface area (Å²) < 4.78 is 0. The molecule has 0 aromatic rings. The molecule has 92 valence electrons. The summed E-state index contributed by atoms with van der Waals surface area (Å²) in [7, 11) is 0. The molecule has 2 nitrogen and oxygen atoms in total. The quantitative estimate of drug-likeness (QED) is 0.521. The van der Waals surface area contributed by atoms with Gasteiger partial charge in [0, 0.05) is 12.1 Å². The van der Waals surface area contributed by atoms with Gasteiger partial charge in [-0.3, -0.25) is 4.90 Å². The van der Waals surface area contributed by atoms with E-state index in [2.05, 4.69) is 51.8 Å². The molecular formula is C13H26N2U. The van der Waals surface area contributed by atoms with Crippen molar-refractivity contribution in [3.05, 3.63) is 11.2 Å². The van der Waals surface area contributed by atoms with E-state index in [0.717, 1.165) is 25.0 Å². The van der Waals surface area contributed by atoms with Gasteiger partial charge >= 0.3 is 31.1 Å². The van der Waals surface area contributed by atoms with Gasteiger partial charge in [-0.25, -0.2) is 0 Å². The number of fused-ring (bicyclic) bond motifs is 1. The van der Waals surface area contributed by atoms with E-state index < -0.39 is 0 Å². The summed E-state index contributed by atoms with van der Waals surface area (Å²) in [6.45, 7) is 16.6. The molecule has 0 N–H and O–H groups in total. The number of nitrogens with zero attached hydrogens (tertiary/aromatic N) is 2. The van der Waals surface area contributed by atoms with E-state index in [9.17, 15) is 0 Å². The minimum atomic E-state index is 0. The third kappa shape index (κ3) is 4.69. The fourth-order valence-electron chi connectivity index (χ4n) is 2.20. The van der Waals surface area contributed by atoms with Crippen LogP contribution < -0.4 is 0 Å². The molecule has 16 heavy (non-hydrogen) atoms. The maximum Gasteiger partial charge on any atom is 2.00 e. The van der Waals surface area contributed by atoms with Crippen molar-refractivity contribution in [3.8, 4) is 0 Å². The maximum atomic E-state index is 4.43. The van der Waals surface area contributed by atoms with Crippen molar-refractivity contribution < 1.29 is 31.1 Å². The van der Waals surface area contributed by atoms with Crippen LogP contribution >= 0.6 is 0 Å². The van der Waals surface area contributed by atoms with Crippen LogP contribution in [0.1, 0.15) is 41.5 Å². The van der Waals surface area contributed by atoms with Gasteiger partial charge in [0.25, 0.3) is 0 Å². The van der Waals surface area contributed by atoms with Gasteiger partial charge in [-0.1, -0.05) is 0 Å². The summed E-state index contributed by atoms with van der Waals surface area (Å²) in [6, 6.07) is 0.787. The Labute approximate surface area is 125 Å². The van der Waals surface area contributed by atoms with E-state index in [4.69, 9.17) is 0 Å². The predicted molar refractivity (Wildman–Crippen MR) is 67.1 cm³/mol. The van der Waals surface area contributed by atoms with Crippen LogP contribution in [0.4, 0.5) is 0 Å². The largest absolute Gasteiger partial charge is 2.00 e. The summed E-state index contributed by atoms with van der Waals surface area (Å²) in [5, 5.41) is 4.43. The zero-order valence-electron chi connectivity index (χ0n) is 11.7. The van der Waals surface area contributed by atoms with E-state index in [1.54, 1.807) is 0 Å². The van der Waals surface area contributed by atoms with E-state index in [-0.39, 0.29) is 31.1 Å². The van der Waals surface area contributed by atoms with Gasteiger partial charge in [0.15, 0.2) is 0 Å². The van der Waals surface area contributed by atoms with Crippen molar-refractivity contribution >= 4 is 0 Å². The molecule has 3 heteroatoms. The summed E-state index contributed by atoms with van der Waals surface area (Å²) in [4.78, 5) is 2.58. The molecule has 2 saturated heterocycles. The van der Waals surface area contributed by atoms with Crippen LogP contribution in [0, 0.1) is 42.9 Å². The van der Waals surface area contributed by atoms with E-state index in [0.29, 0.717) is 5.54 Å². The van der Waals surface area contributed by atoms with Gasteiger partial charge in [0.05, 0.1) is 0 Å². The summed E-state index contributed by atoms with van der Waals surface area (Å²) in [5.41, 5.74) is 0.362. The molecule has 2 rings (SSSR count). The molecule has 0 radical (unpaired) electrons. The zero-order chi connectivity index (χ0) is 11.6. The van der Waals surface area contributed by atoms with Crippen LogP contribution in [-0.2, 0) is 0 Å². The first-order valence-electron chi connectivity index (χ1n) is 5.99. The Morgan fingerprint density at radius 1 is 1.12 bits per heavy atom.